The number of nitrogens with zero attached hydrogens (tertiary/aromatic N) is 1. The van der Waals surface area contributed by atoms with Gasteiger partial charge < -0.3 is 15.0 Å². The zero-order chi connectivity index (χ0) is 10.7. The average Bonchev–Trinajstić information content (AvgIpc) is 2.88. The Morgan fingerprint density at radius 1 is 1.47 bits per heavy atom. The monoisotopic (exact) mass is 212 g/mol. The number of rotatable bonds is 3. The average molecular weight is 212 g/mol. The summed E-state index contributed by atoms with van der Waals surface area (Å²) >= 11 is 0. The first-order valence-corrected chi connectivity index (χ1v) is 5.90. The molecule has 0 saturated carbocycles. The number of amides is 1. The van der Waals surface area contributed by atoms with Crippen LogP contribution < -0.4 is 5.32 Å². The second-order valence-electron chi connectivity index (χ2n) is 4.48. The summed E-state index contributed by atoms with van der Waals surface area (Å²) in [5.74, 6) is 0.249. The lowest BCUT2D eigenvalue weighted by atomic mass is 10.2. The quantitative estimate of drug-likeness (QED) is 0.735. The summed E-state index contributed by atoms with van der Waals surface area (Å²) in [4.78, 5) is 13.9. The van der Waals surface area contributed by atoms with Crippen molar-refractivity contribution in [2.45, 2.75) is 38.3 Å². The lowest BCUT2D eigenvalue weighted by Gasteiger charge is -2.23. The van der Waals surface area contributed by atoms with Crippen molar-refractivity contribution in [2.24, 2.45) is 0 Å². The molecule has 4 nitrogen and oxygen atoms in total. The minimum absolute atomic E-state index is 0.0604. The van der Waals surface area contributed by atoms with Crippen LogP contribution in [0, 0.1) is 0 Å². The molecule has 2 atom stereocenters. The van der Waals surface area contributed by atoms with Crippen molar-refractivity contribution in [3.63, 3.8) is 0 Å². The minimum Gasteiger partial charge on any atom is -0.380 e. The van der Waals surface area contributed by atoms with Gasteiger partial charge in [-0.1, -0.05) is 0 Å². The highest BCUT2D eigenvalue weighted by molar-refractivity contribution is 5.81. The van der Waals surface area contributed by atoms with Crippen molar-refractivity contribution in [1.29, 1.82) is 0 Å². The van der Waals surface area contributed by atoms with E-state index in [0.717, 1.165) is 45.6 Å². The number of ether oxygens (including phenoxy) is 1. The van der Waals surface area contributed by atoms with E-state index in [1.165, 1.54) is 0 Å². The lowest BCUT2D eigenvalue weighted by Crippen LogP contribution is -2.47. The summed E-state index contributed by atoms with van der Waals surface area (Å²) in [6.07, 6.45) is 3.34. The van der Waals surface area contributed by atoms with Gasteiger partial charge in [-0.2, -0.15) is 0 Å². The van der Waals surface area contributed by atoms with Crippen LogP contribution in [-0.4, -0.2) is 49.2 Å². The number of nitrogens with one attached hydrogen (secondary N) is 1. The second-order valence-corrected chi connectivity index (χ2v) is 4.48. The van der Waals surface area contributed by atoms with Crippen LogP contribution in [0.5, 0.6) is 0 Å². The highest BCUT2D eigenvalue weighted by atomic mass is 16.5. The summed E-state index contributed by atoms with van der Waals surface area (Å²) in [5.41, 5.74) is 0. The van der Waals surface area contributed by atoms with E-state index in [4.69, 9.17) is 4.74 Å². The van der Waals surface area contributed by atoms with Crippen molar-refractivity contribution < 1.29 is 9.53 Å². The van der Waals surface area contributed by atoms with Gasteiger partial charge in [-0.15, -0.1) is 0 Å². The minimum atomic E-state index is -0.0604. The fraction of sp³-hybridized carbons (Fsp3) is 0.909. The van der Waals surface area contributed by atoms with Gasteiger partial charge in [-0.25, -0.2) is 0 Å². The van der Waals surface area contributed by atoms with Gasteiger partial charge in [0, 0.05) is 25.7 Å². The first kappa shape index (κ1) is 10.9. The molecule has 4 heteroatoms. The summed E-state index contributed by atoms with van der Waals surface area (Å²) < 4.78 is 5.28. The maximum atomic E-state index is 12.0. The van der Waals surface area contributed by atoms with E-state index in [0.29, 0.717) is 6.04 Å². The standard InChI is InChI=1S/C11H20N2O2/c1-9(12-10-4-7-15-8-10)11(14)13-5-2-3-6-13/h9-10,12H,2-8H2,1H3. The Hall–Kier alpha value is -0.610. The predicted molar refractivity (Wildman–Crippen MR) is 57.6 cm³/mol. The Bertz CT molecular complexity index is 221. The maximum Gasteiger partial charge on any atom is 0.239 e. The zero-order valence-corrected chi connectivity index (χ0v) is 9.37. The third-order valence-electron chi connectivity index (χ3n) is 3.20. The molecule has 2 aliphatic rings. The third-order valence-corrected chi connectivity index (χ3v) is 3.20. The predicted octanol–water partition coefficient (Wildman–Crippen LogP) is 0.376. The Kier molecular flexibility index (Phi) is 3.59. The lowest BCUT2D eigenvalue weighted by molar-refractivity contribution is -0.132. The molecule has 0 aromatic heterocycles. The van der Waals surface area contributed by atoms with Crippen LogP contribution >= 0.6 is 0 Å². The van der Waals surface area contributed by atoms with Crippen LogP contribution in [-0.2, 0) is 9.53 Å². The Morgan fingerprint density at radius 3 is 2.80 bits per heavy atom. The van der Waals surface area contributed by atoms with E-state index in [-0.39, 0.29) is 11.9 Å². The smallest absolute Gasteiger partial charge is 0.239 e. The van der Waals surface area contributed by atoms with E-state index in [2.05, 4.69) is 5.32 Å². The Morgan fingerprint density at radius 2 is 2.20 bits per heavy atom. The summed E-state index contributed by atoms with van der Waals surface area (Å²) in [5, 5.41) is 3.34. The molecular weight excluding hydrogens is 192 g/mol. The van der Waals surface area contributed by atoms with Crippen molar-refractivity contribution in [3.8, 4) is 0 Å². The first-order valence-electron chi connectivity index (χ1n) is 5.90. The number of carbonyl (C=O) groups is 1. The molecule has 2 saturated heterocycles. The molecule has 0 bridgehead atoms. The van der Waals surface area contributed by atoms with Gasteiger partial charge in [0.05, 0.1) is 12.6 Å². The SMILES string of the molecule is CC(NC1CCOC1)C(=O)N1CCCC1. The van der Waals surface area contributed by atoms with Gasteiger partial charge in [0.25, 0.3) is 0 Å². The van der Waals surface area contributed by atoms with Crippen LogP contribution in [0.3, 0.4) is 0 Å². The molecule has 2 rings (SSSR count). The first-order chi connectivity index (χ1) is 7.27. The van der Waals surface area contributed by atoms with Crippen molar-refractivity contribution in [2.75, 3.05) is 26.3 Å². The van der Waals surface area contributed by atoms with Crippen LogP contribution in [0.4, 0.5) is 0 Å². The number of hydrogen-bond acceptors (Lipinski definition) is 3. The van der Waals surface area contributed by atoms with E-state index < -0.39 is 0 Å². The molecule has 2 heterocycles. The topological polar surface area (TPSA) is 41.6 Å². The highest BCUT2D eigenvalue weighted by Crippen LogP contribution is 2.10. The summed E-state index contributed by atoms with van der Waals surface area (Å²) in [6.45, 7) is 5.40. The van der Waals surface area contributed by atoms with Gasteiger partial charge in [0.2, 0.25) is 5.91 Å². The highest BCUT2D eigenvalue weighted by Gasteiger charge is 2.26. The molecule has 2 fully saturated rings. The summed E-state index contributed by atoms with van der Waals surface area (Å²) in [6, 6.07) is 0.307. The Balaban J connectivity index is 1.78. The zero-order valence-electron chi connectivity index (χ0n) is 9.37. The molecule has 1 amide bonds. The molecule has 0 aliphatic carbocycles. The third kappa shape index (κ3) is 2.69. The molecule has 0 aromatic rings. The van der Waals surface area contributed by atoms with E-state index in [1.54, 1.807) is 0 Å². The van der Waals surface area contributed by atoms with Gasteiger partial charge >= 0.3 is 0 Å². The molecule has 1 N–H and O–H groups in total. The van der Waals surface area contributed by atoms with Crippen molar-refractivity contribution >= 4 is 5.91 Å². The molecule has 2 unspecified atom stereocenters. The van der Waals surface area contributed by atoms with Crippen LogP contribution in [0.15, 0.2) is 0 Å². The van der Waals surface area contributed by atoms with Crippen molar-refractivity contribution in [3.05, 3.63) is 0 Å². The van der Waals surface area contributed by atoms with Gasteiger partial charge in [-0.05, 0) is 26.2 Å². The number of hydrogen-bond donors (Lipinski definition) is 1. The van der Waals surface area contributed by atoms with E-state index in [9.17, 15) is 4.79 Å². The van der Waals surface area contributed by atoms with E-state index >= 15 is 0 Å². The molecular formula is C11H20N2O2. The van der Waals surface area contributed by atoms with Gasteiger partial charge in [-0.3, -0.25) is 4.79 Å². The largest absolute Gasteiger partial charge is 0.380 e. The van der Waals surface area contributed by atoms with Gasteiger partial charge in [0.15, 0.2) is 0 Å². The second kappa shape index (κ2) is 4.94. The molecule has 0 aromatic carbocycles. The summed E-state index contributed by atoms with van der Waals surface area (Å²) in [7, 11) is 0. The fourth-order valence-electron chi connectivity index (χ4n) is 2.30. The molecule has 0 spiro atoms. The molecule has 2 aliphatic heterocycles. The fourth-order valence-corrected chi connectivity index (χ4v) is 2.30. The molecule has 86 valence electrons. The van der Waals surface area contributed by atoms with Crippen LogP contribution in [0.2, 0.25) is 0 Å². The van der Waals surface area contributed by atoms with Crippen LogP contribution in [0.25, 0.3) is 0 Å². The molecule has 15 heavy (non-hydrogen) atoms. The number of carbonyl (C=O) groups excluding carboxylic acids is 1. The van der Waals surface area contributed by atoms with Crippen molar-refractivity contribution in [1.82, 2.24) is 10.2 Å². The number of likely N-dealkylation sites (tertiary alicyclic amines) is 1. The maximum absolute atomic E-state index is 12.0. The normalized spacial score (nSPS) is 28.3. The van der Waals surface area contributed by atoms with Gasteiger partial charge in [0.1, 0.15) is 0 Å². The molecule has 0 radical (unpaired) electrons. The Labute approximate surface area is 91.0 Å². The van der Waals surface area contributed by atoms with E-state index in [1.807, 2.05) is 11.8 Å². The van der Waals surface area contributed by atoms with Crippen LogP contribution in [0.1, 0.15) is 26.2 Å².